The summed E-state index contributed by atoms with van der Waals surface area (Å²) < 4.78 is 0. The van der Waals surface area contributed by atoms with Gasteiger partial charge in [0.05, 0.1) is 17.0 Å². The lowest BCUT2D eigenvalue weighted by molar-refractivity contribution is -0.384. The van der Waals surface area contributed by atoms with E-state index in [-0.39, 0.29) is 23.6 Å². The van der Waals surface area contributed by atoms with Crippen LogP contribution in [0.5, 0.6) is 0 Å². The van der Waals surface area contributed by atoms with Gasteiger partial charge in [-0.25, -0.2) is 9.78 Å². The minimum atomic E-state index is -0.907. The second kappa shape index (κ2) is 6.38. The number of anilines is 3. The lowest BCUT2D eigenvalue weighted by Gasteiger charge is -2.33. The molecular weight excluding hydrogens is 352 g/mol. The molecule has 4 heterocycles. The molecule has 0 saturated carbocycles. The quantitative estimate of drug-likeness (QED) is 0.621. The van der Waals surface area contributed by atoms with E-state index in [4.69, 9.17) is 0 Å². The van der Waals surface area contributed by atoms with Crippen molar-refractivity contribution in [2.45, 2.75) is 25.4 Å². The third kappa shape index (κ3) is 2.98. The van der Waals surface area contributed by atoms with Crippen molar-refractivity contribution in [3.63, 3.8) is 0 Å². The van der Waals surface area contributed by atoms with Crippen molar-refractivity contribution in [2.24, 2.45) is 0 Å². The van der Waals surface area contributed by atoms with E-state index >= 15 is 0 Å². The van der Waals surface area contributed by atoms with Gasteiger partial charge in [0.15, 0.2) is 0 Å². The van der Waals surface area contributed by atoms with Crippen molar-refractivity contribution in [3.8, 4) is 0 Å². The largest absolute Gasteiger partial charge is 0.465 e. The lowest BCUT2D eigenvalue weighted by Crippen LogP contribution is -2.48. The Labute approximate surface area is 154 Å². The Bertz CT molecular complexity index is 906. The summed E-state index contributed by atoms with van der Waals surface area (Å²) >= 11 is 0. The molecule has 0 radical (unpaired) electrons. The number of hydrogen-bond donors (Lipinski definition) is 2. The molecule has 0 aromatic carbocycles. The first kappa shape index (κ1) is 17.0. The van der Waals surface area contributed by atoms with E-state index in [1.807, 2.05) is 4.90 Å². The van der Waals surface area contributed by atoms with E-state index in [0.29, 0.717) is 30.2 Å². The van der Waals surface area contributed by atoms with Crippen molar-refractivity contribution < 1.29 is 14.8 Å². The predicted molar refractivity (Wildman–Crippen MR) is 97.4 cm³/mol. The summed E-state index contributed by atoms with van der Waals surface area (Å²) in [7, 11) is 0. The van der Waals surface area contributed by atoms with Gasteiger partial charge in [0.1, 0.15) is 5.82 Å². The van der Waals surface area contributed by atoms with Crippen LogP contribution in [0.25, 0.3) is 0 Å². The minimum absolute atomic E-state index is 0.0354. The van der Waals surface area contributed by atoms with Gasteiger partial charge in [-0.15, -0.1) is 0 Å². The monoisotopic (exact) mass is 370 g/mol. The maximum atomic E-state index is 11.5. The van der Waals surface area contributed by atoms with Gasteiger partial charge in [-0.2, -0.15) is 0 Å². The van der Waals surface area contributed by atoms with E-state index in [2.05, 4.69) is 15.3 Å². The summed E-state index contributed by atoms with van der Waals surface area (Å²) in [6, 6.07) is 5.07. The standard InChI is InChI=1S/C17H18N6O4/c1-10-6-14(21-8-13-7-12(21)9-22(13)17(24)25)20-16(15(10)23(26)27)19-11-2-4-18-5-3-11/h2-6,12-13H,7-9H2,1H3,(H,24,25)(H,18,19,20)/t12-,13-/m0/s1. The third-order valence-corrected chi connectivity index (χ3v) is 5.08. The van der Waals surface area contributed by atoms with Gasteiger partial charge in [0.2, 0.25) is 5.82 Å². The number of hydrogen-bond acceptors (Lipinski definition) is 7. The number of nitrogens with zero attached hydrogens (tertiary/aromatic N) is 5. The molecule has 4 rings (SSSR count). The Morgan fingerprint density at radius 3 is 2.67 bits per heavy atom. The number of nitrogens with one attached hydrogen (secondary N) is 1. The van der Waals surface area contributed by atoms with E-state index in [9.17, 15) is 20.0 Å². The molecule has 1 amide bonds. The van der Waals surface area contributed by atoms with Crippen molar-refractivity contribution >= 4 is 29.1 Å². The molecule has 2 aromatic heterocycles. The first-order chi connectivity index (χ1) is 12.9. The highest BCUT2D eigenvalue weighted by Gasteiger charge is 2.46. The van der Waals surface area contributed by atoms with Crippen LogP contribution in [0.1, 0.15) is 12.0 Å². The zero-order valence-electron chi connectivity index (χ0n) is 14.6. The summed E-state index contributed by atoms with van der Waals surface area (Å²) in [4.78, 5) is 34.3. The molecule has 10 nitrogen and oxygen atoms in total. The van der Waals surface area contributed by atoms with Crippen LogP contribution in [0, 0.1) is 17.0 Å². The third-order valence-electron chi connectivity index (χ3n) is 5.08. The molecular formula is C17H18N6O4. The Morgan fingerprint density at radius 2 is 2.07 bits per heavy atom. The Kier molecular flexibility index (Phi) is 4.02. The molecule has 0 aliphatic carbocycles. The van der Waals surface area contributed by atoms with Crippen LogP contribution in [0.15, 0.2) is 30.6 Å². The Balaban J connectivity index is 1.67. The fraction of sp³-hybridized carbons (Fsp3) is 0.353. The molecule has 27 heavy (non-hydrogen) atoms. The van der Waals surface area contributed by atoms with Crippen LogP contribution in [0.3, 0.4) is 0 Å². The summed E-state index contributed by atoms with van der Waals surface area (Å²) in [6.45, 7) is 2.64. The molecule has 2 saturated heterocycles. The van der Waals surface area contributed by atoms with Crippen LogP contribution in [-0.4, -0.2) is 56.2 Å². The second-order valence-electron chi connectivity index (χ2n) is 6.74. The molecule has 2 aromatic rings. The summed E-state index contributed by atoms with van der Waals surface area (Å²) in [6.07, 6.45) is 3.02. The maximum Gasteiger partial charge on any atom is 0.407 e. The van der Waals surface area contributed by atoms with Gasteiger partial charge >= 0.3 is 11.8 Å². The van der Waals surface area contributed by atoms with Gasteiger partial charge in [0.25, 0.3) is 0 Å². The number of aryl methyl sites for hydroxylation is 1. The minimum Gasteiger partial charge on any atom is -0.465 e. The highest BCUT2D eigenvalue weighted by atomic mass is 16.6. The molecule has 0 spiro atoms. The zero-order chi connectivity index (χ0) is 19.1. The number of rotatable bonds is 4. The Morgan fingerprint density at radius 1 is 1.33 bits per heavy atom. The maximum absolute atomic E-state index is 11.5. The Hall–Kier alpha value is -3.43. The van der Waals surface area contributed by atoms with Crippen molar-refractivity contribution in [3.05, 3.63) is 46.3 Å². The lowest BCUT2D eigenvalue weighted by atomic mass is 10.2. The smallest absolute Gasteiger partial charge is 0.407 e. The normalized spacial score (nSPS) is 20.8. The topological polar surface area (TPSA) is 125 Å². The number of aromatic nitrogens is 2. The van der Waals surface area contributed by atoms with Crippen LogP contribution < -0.4 is 10.2 Å². The average molecular weight is 370 g/mol. The molecule has 10 heteroatoms. The van der Waals surface area contributed by atoms with Gasteiger partial charge in [0, 0.05) is 36.7 Å². The van der Waals surface area contributed by atoms with Crippen molar-refractivity contribution in [2.75, 3.05) is 23.3 Å². The van der Waals surface area contributed by atoms with Gasteiger partial charge in [-0.1, -0.05) is 0 Å². The first-order valence-electron chi connectivity index (χ1n) is 8.53. The van der Waals surface area contributed by atoms with E-state index in [0.717, 1.165) is 6.42 Å². The highest BCUT2D eigenvalue weighted by molar-refractivity contribution is 5.72. The van der Waals surface area contributed by atoms with Gasteiger partial charge in [-0.05, 0) is 31.5 Å². The van der Waals surface area contributed by atoms with Gasteiger partial charge in [-0.3, -0.25) is 15.1 Å². The fourth-order valence-corrected chi connectivity index (χ4v) is 3.87. The molecule has 0 unspecified atom stereocenters. The number of piperazine rings is 1. The van der Waals surface area contributed by atoms with Crippen LogP contribution in [-0.2, 0) is 0 Å². The summed E-state index contributed by atoms with van der Waals surface area (Å²) in [5.74, 6) is 0.784. The molecule has 2 aliphatic heterocycles. The SMILES string of the molecule is Cc1cc(N2C[C@@H]3C[C@H]2CN3C(=O)O)nc(Nc2ccncc2)c1[N+](=O)[O-]. The van der Waals surface area contributed by atoms with Crippen LogP contribution >= 0.6 is 0 Å². The molecule has 2 fully saturated rings. The first-order valence-corrected chi connectivity index (χ1v) is 8.53. The van der Waals surface area contributed by atoms with Crippen LogP contribution in [0.2, 0.25) is 0 Å². The zero-order valence-corrected chi connectivity index (χ0v) is 14.6. The molecule has 2 bridgehead atoms. The molecule has 2 atom stereocenters. The molecule has 2 N–H and O–H groups in total. The number of amides is 1. The highest BCUT2D eigenvalue weighted by Crippen LogP contribution is 2.37. The van der Waals surface area contributed by atoms with E-state index in [1.165, 1.54) is 4.90 Å². The molecule has 140 valence electrons. The number of nitro groups is 1. The van der Waals surface area contributed by atoms with Crippen molar-refractivity contribution in [1.29, 1.82) is 0 Å². The predicted octanol–water partition coefficient (Wildman–Crippen LogP) is 2.38. The van der Waals surface area contributed by atoms with E-state index < -0.39 is 11.0 Å². The number of likely N-dealkylation sites (tertiary alicyclic amines) is 1. The second-order valence-corrected chi connectivity index (χ2v) is 6.74. The van der Waals surface area contributed by atoms with Gasteiger partial charge < -0.3 is 20.2 Å². The fourth-order valence-electron chi connectivity index (χ4n) is 3.87. The summed E-state index contributed by atoms with van der Waals surface area (Å²) in [5.41, 5.74) is 1.07. The van der Waals surface area contributed by atoms with E-state index in [1.54, 1.807) is 37.5 Å². The molecule has 2 aliphatic rings. The number of carboxylic acid groups (broad SMARTS) is 1. The number of fused-ring (bicyclic) bond motifs is 2. The average Bonchev–Trinajstić information content (AvgIpc) is 3.22. The summed E-state index contributed by atoms with van der Waals surface area (Å²) in [5, 5.41) is 23.8. The van der Waals surface area contributed by atoms with Crippen molar-refractivity contribution in [1.82, 2.24) is 14.9 Å². The van der Waals surface area contributed by atoms with Crippen LogP contribution in [0.4, 0.5) is 27.8 Å². The number of pyridine rings is 2. The number of carbonyl (C=O) groups is 1.